The number of hydrogen-bond acceptors (Lipinski definition) is 4. The molecule has 0 bridgehead atoms. The Hall–Kier alpha value is -1.68. The number of nitrogens with one attached hydrogen (secondary N) is 1. The van der Waals surface area contributed by atoms with Gasteiger partial charge in [0.25, 0.3) is 5.91 Å². The first-order valence-corrected chi connectivity index (χ1v) is 7.97. The molecule has 0 radical (unpaired) electrons. The van der Waals surface area contributed by atoms with Gasteiger partial charge in [-0.2, -0.15) is 5.26 Å². The number of thiophene rings is 1. The van der Waals surface area contributed by atoms with Crippen LogP contribution in [-0.4, -0.2) is 17.6 Å². The Morgan fingerprint density at radius 2 is 2.10 bits per heavy atom. The highest BCUT2D eigenvalue weighted by Crippen LogP contribution is 2.22. The molecular formula is C15H13BrN2O2S. The van der Waals surface area contributed by atoms with Crippen LogP contribution in [0.15, 0.2) is 40.2 Å². The van der Waals surface area contributed by atoms with Gasteiger partial charge in [0.15, 0.2) is 6.10 Å². The van der Waals surface area contributed by atoms with E-state index in [9.17, 15) is 9.90 Å². The van der Waals surface area contributed by atoms with Gasteiger partial charge >= 0.3 is 0 Å². The predicted molar refractivity (Wildman–Crippen MR) is 84.8 cm³/mol. The normalized spacial score (nSPS) is 11.7. The van der Waals surface area contributed by atoms with E-state index < -0.39 is 12.0 Å². The number of carbonyl (C=O) groups excluding carboxylic acids is 1. The van der Waals surface area contributed by atoms with Gasteiger partial charge in [0.1, 0.15) is 0 Å². The molecule has 0 aliphatic carbocycles. The van der Waals surface area contributed by atoms with Crippen LogP contribution in [0.5, 0.6) is 0 Å². The largest absolute Gasteiger partial charge is 0.378 e. The van der Waals surface area contributed by atoms with Gasteiger partial charge < -0.3 is 10.4 Å². The molecule has 0 saturated heterocycles. The summed E-state index contributed by atoms with van der Waals surface area (Å²) < 4.78 is 1.04. The SMILES string of the molecule is N#Cc1ccc(C(O)C(=O)NCCc2sccc2Br)cc1. The van der Waals surface area contributed by atoms with Crippen molar-refractivity contribution in [2.75, 3.05) is 6.54 Å². The Bertz CT molecular complexity index is 661. The van der Waals surface area contributed by atoms with E-state index in [0.29, 0.717) is 24.1 Å². The van der Waals surface area contributed by atoms with Crippen LogP contribution in [0.25, 0.3) is 0 Å². The summed E-state index contributed by atoms with van der Waals surface area (Å²) in [5.74, 6) is -0.438. The van der Waals surface area contributed by atoms with Crippen LogP contribution in [0.3, 0.4) is 0 Å². The molecule has 6 heteroatoms. The lowest BCUT2D eigenvalue weighted by Crippen LogP contribution is -2.30. The van der Waals surface area contributed by atoms with Gasteiger partial charge in [0.2, 0.25) is 0 Å². The van der Waals surface area contributed by atoms with Crippen LogP contribution in [0.1, 0.15) is 22.1 Å². The fourth-order valence-electron chi connectivity index (χ4n) is 1.79. The third-order valence-corrected chi connectivity index (χ3v) is 4.93. The van der Waals surface area contributed by atoms with Gasteiger partial charge in [-0.3, -0.25) is 4.79 Å². The molecule has 0 fully saturated rings. The zero-order valence-corrected chi connectivity index (χ0v) is 13.4. The summed E-state index contributed by atoms with van der Waals surface area (Å²) in [6, 6.07) is 10.3. The first-order valence-electron chi connectivity index (χ1n) is 6.29. The summed E-state index contributed by atoms with van der Waals surface area (Å²) in [7, 11) is 0. The monoisotopic (exact) mass is 364 g/mol. The minimum Gasteiger partial charge on any atom is -0.378 e. The minimum atomic E-state index is -1.22. The van der Waals surface area contributed by atoms with Crippen molar-refractivity contribution in [1.82, 2.24) is 5.32 Å². The molecule has 1 aromatic heterocycles. The predicted octanol–water partition coefficient (Wildman–Crippen LogP) is 2.77. The third kappa shape index (κ3) is 4.14. The number of carbonyl (C=O) groups is 1. The van der Waals surface area contributed by atoms with Crippen molar-refractivity contribution in [1.29, 1.82) is 5.26 Å². The molecule has 108 valence electrons. The maximum absolute atomic E-state index is 11.9. The van der Waals surface area contributed by atoms with Crippen molar-refractivity contribution in [3.8, 4) is 6.07 Å². The second kappa shape index (κ2) is 7.36. The Morgan fingerprint density at radius 1 is 1.38 bits per heavy atom. The first-order chi connectivity index (χ1) is 10.1. The quantitative estimate of drug-likeness (QED) is 0.856. The summed E-state index contributed by atoms with van der Waals surface area (Å²) in [5, 5.41) is 23.4. The third-order valence-electron chi connectivity index (χ3n) is 2.95. The molecule has 1 heterocycles. The van der Waals surface area contributed by atoms with E-state index in [0.717, 1.165) is 9.35 Å². The maximum atomic E-state index is 11.9. The van der Waals surface area contributed by atoms with Crippen molar-refractivity contribution in [3.63, 3.8) is 0 Å². The molecule has 0 aliphatic rings. The van der Waals surface area contributed by atoms with E-state index in [1.165, 1.54) is 0 Å². The van der Waals surface area contributed by atoms with E-state index in [1.54, 1.807) is 35.6 Å². The first kappa shape index (κ1) is 15.7. The van der Waals surface area contributed by atoms with E-state index in [-0.39, 0.29) is 0 Å². The standard InChI is InChI=1S/C15H13BrN2O2S/c16-12-6-8-21-13(12)5-7-18-15(20)14(19)11-3-1-10(9-17)2-4-11/h1-4,6,8,14,19H,5,7H2,(H,18,20). The number of aliphatic hydroxyl groups excluding tert-OH is 1. The van der Waals surface area contributed by atoms with Crippen molar-refractivity contribution < 1.29 is 9.90 Å². The lowest BCUT2D eigenvalue weighted by atomic mass is 10.1. The molecule has 21 heavy (non-hydrogen) atoms. The van der Waals surface area contributed by atoms with Crippen LogP contribution in [0, 0.1) is 11.3 Å². The molecule has 4 nitrogen and oxygen atoms in total. The van der Waals surface area contributed by atoms with Crippen LogP contribution >= 0.6 is 27.3 Å². The number of halogens is 1. The fraction of sp³-hybridized carbons (Fsp3) is 0.200. The average molecular weight is 365 g/mol. The van der Waals surface area contributed by atoms with Crippen molar-refractivity contribution in [2.45, 2.75) is 12.5 Å². The van der Waals surface area contributed by atoms with E-state index in [1.807, 2.05) is 17.5 Å². The minimum absolute atomic E-state index is 0.438. The van der Waals surface area contributed by atoms with Crippen LogP contribution in [0.4, 0.5) is 0 Å². The number of aliphatic hydroxyl groups is 1. The average Bonchev–Trinajstić information content (AvgIpc) is 2.92. The number of rotatable bonds is 5. The van der Waals surface area contributed by atoms with Gasteiger partial charge in [-0.05, 0) is 45.1 Å². The molecule has 0 aliphatic heterocycles. The van der Waals surface area contributed by atoms with Crippen LogP contribution < -0.4 is 5.32 Å². The van der Waals surface area contributed by atoms with Crippen LogP contribution in [0.2, 0.25) is 0 Å². The van der Waals surface area contributed by atoms with Gasteiger partial charge in [-0.25, -0.2) is 0 Å². The summed E-state index contributed by atoms with van der Waals surface area (Å²) in [4.78, 5) is 13.0. The van der Waals surface area contributed by atoms with E-state index in [4.69, 9.17) is 5.26 Å². The number of amides is 1. The van der Waals surface area contributed by atoms with Crippen molar-refractivity contribution >= 4 is 33.2 Å². The highest BCUT2D eigenvalue weighted by atomic mass is 79.9. The van der Waals surface area contributed by atoms with Gasteiger partial charge in [0, 0.05) is 22.3 Å². The summed E-state index contributed by atoms with van der Waals surface area (Å²) in [5.41, 5.74) is 0.970. The topological polar surface area (TPSA) is 73.1 Å². The van der Waals surface area contributed by atoms with Gasteiger partial charge in [0.05, 0.1) is 11.6 Å². The second-order valence-electron chi connectivity index (χ2n) is 4.37. The van der Waals surface area contributed by atoms with Crippen molar-refractivity contribution in [2.24, 2.45) is 0 Å². The molecule has 2 rings (SSSR count). The zero-order valence-electron chi connectivity index (χ0n) is 11.0. The molecule has 0 spiro atoms. The lowest BCUT2D eigenvalue weighted by molar-refractivity contribution is -0.129. The summed E-state index contributed by atoms with van der Waals surface area (Å²) >= 11 is 5.05. The van der Waals surface area contributed by atoms with E-state index >= 15 is 0 Å². The zero-order chi connectivity index (χ0) is 15.2. The molecule has 0 saturated carbocycles. The van der Waals surface area contributed by atoms with Crippen LogP contribution in [-0.2, 0) is 11.2 Å². The summed E-state index contributed by atoms with van der Waals surface area (Å²) in [6.07, 6.45) is -0.506. The number of benzene rings is 1. The van der Waals surface area contributed by atoms with Gasteiger partial charge in [-0.1, -0.05) is 12.1 Å². The van der Waals surface area contributed by atoms with E-state index in [2.05, 4.69) is 21.2 Å². The Kier molecular flexibility index (Phi) is 5.51. The molecule has 1 unspecified atom stereocenters. The molecule has 2 aromatic rings. The highest BCUT2D eigenvalue weighted by molar-refractivity contribution is 9.10. The van der Waals surface area contributed by atoms with Gasteiger partial charge in [-0.15, -0.1) is 11.3 Å². The fourth-order valence-corrected chi connectivity index (χ4v) is 3.35. The number of hydrogen-bond donors (Lipinski definition) is 2. The highest BCUT2D eigenvalue weighted by Gasteiger charge is 2.16. The number of nitrogens with zero attached hydrogens (tertiary/aromatic N) is 1. The molecular weight excluding hydrogens is 352 g/mol. The number of nitriles is 1. The Labute approximate surface area is 135 Å². The van der Waals surface area contributed by atoms with Crippen molar-refractivity contribution in [3.05, 3.63) is 56.2 Å². The molecule has 1 atom stereocenters. The Morgan fingerprint density at radius 3 is 2.67 bits per heavy atom. The molecule has 1 aromatic carbocycles. The summed E-state index contributed by atoms with van der Waals surface area (Å²) in [6.45, 7) is 0.464. The lowest BCUT2D eigenvalue weighted by Gasteiger charge is -2.11. The maximum Gasteiger partial charge on any atom is 0.253 e. The molecule has 1 amide bonds. The Balaban J connectivity index is 1.87. The molecule has 2 N–H and O–H groups in total. The second-order valence-corrected chi connectivity index (χ2v) is 6.22. The smallest absolute Gasteiger partial charge is 0.253 e.